The lowest BCUT2D eigenvalue weighted by molar-refractivity contribution is -0.000510. The Morgan fingerprint density at radius 2 is 1.74 bits per heavy atom. The summed E-state index contributed by atoms with van der Waals surface area (Å²) in [5, 5.41) is 3.96. The van der Waals surface area contributed by atoms with Crippen LogP contribution in [0.4, 0.5) is 26.6 Å². The second-order valence-electron chi connectivity index (χ2n) is 13.2. The van der Waals surface area contributed by atoms with Crippen molar-refractivity contribution in [2.75, 3.05) is 52.7 Å². The van der Waals surface area contributed by atoms with Crippen molar-refractivity contribution in [2.24, 2.45) is 5.41 Å². The maximum atomic E-state index is 14.2. The summed E-state index contributed by atoms with van der Waals surface area (Å²) in [5.74, 6) is 0.111. The summed E-state index contributed by atoms with van der Waals surface area (Å²) >= 11 is 2.85. The maximum Gasteiger partial charge on any atom is 0.259 e. The molecule has 3 aromatic carbocycles. The zero-order valence-corrected chi connectivity index (χ0v) is 29.2. The van der Waals surface area contributed by atoms with Crippen LogP contribution in [0.5, 0.6) is 0 Å². The number of aromatic nitrogens is 1. The molecule has 50 heavy (non-hydrogen) atoms. The average Bonchev–Trinajstić information content (AvgIpc) is 3.47. The molecule has 11 heteroatoms. The molecular weight excluding hydrogens is 670 g/mol. The Hall–Kier alpha value is -4.71. The van der Waals surface area contributed by atoms with Crippen LogP contribution < -0.4 is 19.8 Å². The quantitative estimate of drug-likeness (QED) is 0.164. The summed E-state index contributed by atoms with van der Waals surface area (Å²) in [6, 6.07) is 25.7. The number of amides is 2. The van der Waals surface area contributed by atoms with Gasteiger partial charge in [0.05, 0.1) is 21.1 Å². The number of carbonyl (C=O) groups is 2. The van der Waals surface area contributed by atoms with Gasteiger partial charge in [0.25, 0.3) is 11.8 Å². The van der Waals surface area contributed by atoms with E-state index in [1.807, 2.05) is 54.4 Å². The second kappa shape index (κ2) is 13.5. The smallest absolute Gasteiger partial charge is 0.259 e. The third kappa shape index (κ3) is 6.36. The number of hydrogen-bond acceptors (Lipinski definition) is 8. The first-order valence-corrected chi connectivity index (χ1v) is 18.4. The summed E-state index contributed by atoms with van der Waals surface area (Å²) in [7, 11) is 0. The van der Waals surface area contributed by atoms with Crippen LogP contribution in [-0.2, 0) is 11.2 Å². The molecule has 3 aliphatic rings. The van der Waals surface area contributed by atoms with E-state index in [1.54, 1.807) is 47.7 Å². The molecular formula is C39H36FN5O3S2. The number of anilines is 4. The molecule has 2 aromatic heterocycles. The fraction of sp³-hybridized carbons (Fsp3) is 0.256. The number of aryl methyl sites for hydroxylation is 1. The van der Waals surface area contributed by atoms with Crippen molar-refractivity contribution in [1.29, 1.82) is 0 Å². The number of halogens is 1. The highest BCUT2D eigenvalue weighted by molar-refractivity contribution is 8.00. The molecule has 0 bridgehead atoms. The molecule has 2 saturated heterocycles. The van der Waals surface area contributed by atoms with E-state index >= 15 is 0 Å². The van der Waals surface area contributed by atoms with E-state index in [2.05, 4.69) is 26.0 Å². The van der Waals surface area contributed by atoms with Crippen molar-refractivity contribution in [1.82, 2.24) is 4.98 Å². The summed E-state index contributed by atoms with van der Waals surface area (Å²) in [6.45, 7) is 5.78. The van der Waals surface area contributed by atoms with E-state index in [-0.39, 0.29) is 23.0 Å². The summed E-state index contributed by atoms with van der Waals surface area (Å²) in [4.78, 5) is 37.9. The molecule has 2 fully saturated rings. The molecule has 3 aliphatic heterocycles. The van der Waals surface area contributed by atoms with Crippen LogP contribution in [-0.4, -0.2) is 49.6 Å². The highest BCUT2D eigenvalue weighted by Crippen LogP contribution is 2.45. The van der Waals surface area contributed by atoms with E-state index < -0.39 is 0 Å². The van der Waals surface area contributed by atoms with E-state index in [4.69, 9.17) is 4.74 Å². The Balaban J connectivity index is 0.962. The Bertz CT molecular complexity index is 2070. The number of rotatable bonds is 7. The fourth-order valence-electron chi connectivity index (χ4n) is 7.06. The van der Waals surface area contributed by atoms with Gasteiger partial charge in [0.2, 0.25) is 0 Å². The first kappa shape index (κ1) is 32.5. The lowest BCUT2D eigenvalue weighted by atomic mass is 9.73. The highest BCUT2D eigenvalue weighted by atomic mass is 32.2. The van der Waals surface area contributed by atoms with Gasteiger partial charge in [-0.15, -0.1) is 11.3 Å². The molecule has 2 N–H and O–H groups in total. The monoisotopic (exact) mass is 705 g/mol. The number of fused-ring (bicyclic) bond motifs is 3. The average molecular weight is 706 g/mol. The molecule has 0 atom stereocenters. The van der Waals surface area contributed by atoms with Gasteiger partial charge in [0.15, 0.2) is 0 Å². The zero-order valence-electron chi connectivity index (χ0n) is 27.6. The number of carbonyl (C=O) groups excluding carboxylic acids is 2. The number of benzene rings is 3. The highest BCUT2D eigenvalue weighted by Gasteiger charge is 2.45. The van der Waals surface area contributed by atoms with Gasteiger partial charge in [-0.2, -0.15) is 0 Å². The Labute approximate surface area is 298 Å². The molecule has 8 nitrogen and oxygen atoms in total. The van der Waals surface area contributed by atoms with Crippen LogP contribution in [0.1, 0.15) is 44.7 Å². The lowest BCUT2D eigenvalue weighted by Gasteiger charge is -2.53. The topological polar surface area (TPSA) is 86.8 Å². The van der Waals surface area contributed by atoms with Gasteiger partial charge in [-0.1, -0.05) is 30.3 Å². The van der Waals surface area contributed by atoms with Crippen LogP contribution in [0.2, 0.25) is 0 Å². The van der Waals surface area contributed by atoms with Crippen LogP contribution in [0.15, 0.2) is 96.0 Å². The Kier molecular flexibility index (Phi) is 8.80. The van der Waals surface area contributed by atoms with E-state index in [0.717, 1.165) is 71.4 Å². The van der Waals surface area contributed by atoms with Crippen LogP contribution in [0.3, 0.4) is 0 Å². The summed E-state index contributed by atoms with van der Waals surface area (Å²) in [6.07, 6.45) is 4.56. The Morgan fingerprint density at radius 3 is 2.54 bits per heavy atom. The number of nitrogens with one attached hydrogen (secondary N) is 2. The van der Waals surface area contributed by atoms with Gasteiger partial charge < -0.3 is 24.6 Å². The Morgan fingerprint density at radius 1 is 0.980 bits per heavy atom. The van der Waals surface area contributed by atoms with Crippen molar-refractivity contribution in [3.05, 3.63) is 119 Å². The maximum absolute atomic E-state index is 14.2. The van der Waals surface area contributed by atoms with Crippen molar-refractivity contribution in [3.63, 3.8) is 0 Å². The van der Waals surface area contributed by atoms with Crippen molar-refractivity contribution >= 4 is 57.3 Å². The number of nitrogens with zero attached hydrogens (tertiary/aromatic N) is 3. The van der Waals surface area contributed by atoms with Crippen molar-refractivity contribution in [3.8, 4) is 10.4 Å². The normalized spacial score (nSPS) is 16.2. The lowest BCUT2D eigenvalue weighted by Crippen LogP contribution is -2.59. The largest absolute Gasteiger partial charge is 0.381 e. The van der Waals surface area contributed by atoms with Gasteiger partial charge in [-0.05, 0) is 104 Å². The number of para-hydroxylation sites is 1. The number of hydrogen-bond donors (Lipinski definition) is 2. The van der Waals surface area contributed by atoms with E-state index in [9.17, 15) is 14.0 Å². The molecule has 1 spiro atoms. The van der Waals surface area contributed by atoms with E-state index in [0.29, 0.717) is 40.5 Å². The fourth-order valence-corrected chi connectivity index (χ4v) is 8.92. The van der Waals surface area contributed by atoms with Gasteiger partial charge in [-0.3, -0.25) is 9.59 Å². The third-order valence-corrected chi connectivity index (χ3v) is 11.9. The molecule has 0 saturated carbocycles. The molecule has 5 heterocycles. The molecule has 5 aromatic rings. The molecule has 0 aliphatic carbocycles. The first-order valence-electron chi connectivity index (χ1n) is 16.8. The van der Waals surface area contributed by atoms with Crippen molar-refractivity contribution < 1.29 is 18.7 Å². The number of ether oxygens (including phenoxy) is 1. The predicted octanol–water partition coefficient (Wildman–Crippen LogP) is 8.45. The minimum atomic E-state index is -0.262. The minimum absolute atomic E-state index is 0.107. The number of thiophene rings is 1. The van der Waals surface area contributed by atoms with Gasteiger partial charge >= 0.3 is 0 Å². The van der Waals surface area contributed by atoms with E-state index in [1.165, 1.54) is 18.0 Å². The molecule has 2 amide bonds. The minimum Gasteiger partial charge on any atom is -0.381 e. The van der Waals surface area contributed by atoms with Crippen LogP contribution >= 0.6 is 23.3 Å². The zero-order chi connectivity index (χ0) is 34.2. The van der Waals surface area contributed by atoms with Crippen molar-refractivity contribution in [2.45, 2.75) is 31.1 Å². The molecule has 254 valence electrons. The number of pyridine rings is 1. The first-order chi connectivity index (χ1) is 24.4. The molecule has 0 radical (unpaired) electrons. The standard InChI is InChI=1S/C39H36FN5O3S2/c1-25-20-30(36(41-22-25)44-23-39(24-44)15-18-48-19-16-39)37(46)42-28-12-10-26(11-13-28)38(47)45-17-14-27-21-34(43-50-33-9-5-3-7-31(33)40)49-35(27)29-6-2-4-8-32(29)45/h2-13,20-22,43H,14-19,23-24H2,1H3,(H,42,46). The van der Waals surface area contributed by atoms with Crippen LogP contribution in [0.25, 0.3) is 10.4 Å². The van der Waals surface area contributed by atoms with Crippen LogP contribution in [0, 0.1) is 18.2 Å². The SMILES string of the molecule is Cc1cnc(N2CC3(CCOCC3)C2)c(C(=O)Nc2ccc(C(=O)N3CCc4cc(NSc5ccccc5F)sc4-c4ccccc43)cc2)c1. The summed E-state index contributed by atoms with van der Waals surface area (Å²) in [5.41, 5.74) is 5.83. The van der Waals surface area contributed by atoms with Gasteiger partial charge in [0.1, 0.15) is 11.6 Å². The summed E-state index contributed by atoms with van der Waals surface area (Å²) < 4.78 is 23.0. The van der Waals surface area contributed by atoms with Gasteiger partial charge in [-0.25, -0.2) is 9.37 Å². The second-order valence-corrected chi connectivity index (χ2v) is 15.1. The predicted molar refractivity (Wildman–Crippen MR) is 199 cm³/mol. The molecule has 0 unspecified atom stereocenters. The molecule has 8 rings (SSSR count). The van der Waals surface area contributed by atoms with Gasteiger partial charge in [0, 0.05) is 66.2 Å². The third-order valence-electron chi connectivity index (χ3n) is 9.74.